The van der Waals surface area contributed by atoms with Crippen LogP contribution in [0.1, 0.15) is 5.69 Å². The van der Waals surface area contributed by atoms with Crippen LogP contribution in [0.25, 0.3) is 0 Å². The monoisotopic (exact) mass is 164 g/mol. The van der Waals surface area contributed by atoms with Crippen LogP contribution in [0.4, 0.5) is 11.5 Å². The first-order valence-electron chi connectivity index (χ1n) is 3.59. The fourth-order valence-electron chi connectivity index (χ4n) is 0.839. The summed E-state index contributed by atoms with van der Waals surface area (Å²) in [5.74, 6) is 0.692. The van der Waals surface area contributed by atoms with Gasteiger partial charge in [0.2, 0.25) is 0 Å². The molecule has 1 aromatic rings. The van der Waals surface area contributed by atoms with Gasteiger partial charge in [0, 0.05) is 7.05 Å². The van der Waals surface area contributed by atoms with Gasteiger partial charge in [0.05, 0.1) is 11.4 Å². The van der Waals surface area contributed by atoms with Crippen molar-refractivity contribution in [1.29, 1.82) is 0 Å². The molecule has 4 nitrogen and oxygen atoms in total. The largest absolute Gasteiger partial charge is 0.394 e. The molecular formula is C8H12N4. The van der Waals surface area contributed by atoms with Gasteiger partial charge in [0.15, 0.2) is 5.82 Å². The van der Waals surface area contributed by atoms with E-state index in [9.17, 15) is 0 Å². The lowest BCUT2D eigenvalue weighted by Crippen LogP contribution is -2.12. The standard InChI is InChI=1S/C8H12N4/c1-4-12(3)8-7(9)6(2)10-5-11-8/h4-5H,1,9H2,2-3H3. The lowest BCUT2D eigenvalue weighted by molar-refractivity contribution is 1.05. The topological polar surface area (TPSA) is 55.0 Å². The molecule has 0 aliphatic carbocycles. The number of aryl methyl sites for hydroxylation is 1. The van der Waals surface area contributed by atoms with Gasteiger partial charge in [-0.3, -0.25) is 0 Å². The number of anilines is 2. The second-order valence-electron chi connectivity index (χ2n) is 2.49. The molecular weight excluding hydrogens is 152 g/mol. The number of nitrogens with zero attached hydrogens (tertiary/aromatic N) is 3. The Labute approximate surface area is 71.7 Å². The second-order valence-corrected chi connectivity index (χ2v) is 2.49. The maximum atomic E-state index is 5.74. The number of hydrogen-bond donors (Lipinski definition) is 1. The van der Waals surface area contributed by atoms with Crippen LogP contribution in [-0.4, -0.2) is 17.0 Å². The van der Waals surface area contributed by atoms with Crippen molar-refractivity contribution in [2.75, 3.05) is 17.7 Å². The Kier molecular flexibility index (Phi) is 2.28. The van der Waals surface area contributed by atoms with Gasteiger partial charge in [-0.05, 0) is 13.1 Å². The van der Waals surface area contributed by atoms with E-state index in [4.69, 9.17) is 5.73 Å². The van der Waals surface area contributed by atoms with Crippen LogP contribution in [-0.2, 0) is 0 Å². The zero-order valence-corrected chi connectivity index (χ0v) is 7.28. The molecule has 0 bridgehead atoms. The van der Waals surface area contributed by atoms with Crippen LogP contribution in [0, 0.1) is 6.92 Å². The molecule has 0 fully saturated rings. The summed E-state index contributed by atoms with van der Waals surface area (Å²) in [7, 11) is 1.84. The molecule has 0 unspecified atom stereocenters. The zero-order chi connectivity index (χ0) is 9.14. The van der Waals surface area contributed by atoms with Crippen LogP contribution in [0.3, 0.4) is 0 Å². The smallest absolute Gasteiger partial charge is 0.159 e. The van der Waals surface area contributed by atoms with Gasteiger partial charge in [-0.25, -0.2) is 9.97 Å². The minimum Gasteiger partial charge on any atom is -0.394 e. The number of hydrogen-bond acceptors (Lipinski definition) is 4. The Morgan fingerprint density at radius 3 is 2.83 bits per heavy atom. The van der Waals surface area contributed by atoms with Crippen molar-refractivity contribution in [2.45, 2.75) is 6.92 Å². The maximum Gasteiger partial charge on any atom is 0.159 e. The number of nitrogen functional groups attached to an aromatic ring is 1. The second kappa shape index (κ2) is 3.21. The Morgan fingerprint density at radius 1 is 1.58 bits per heavy atom. The zero-order valence-electron chi connectivity index (χ0n) is 7.28. The molecule has 0 spiro atoms. The molecule has 0 amide bonds. The van der Waals surface area contributed by atoms with E-state index in [0.717, 1.165) is 5.69 Å². The average molecular weight is 164 g/mol. The van der Waals surface area contributed by atoms with Crippen LogP contribution in [0.5, 0.6) is 0 Å². The summed E-state index contributed by atoms with van der Waals surface area (Å²) >= 11 is 0. The van der Waals surface area contributed by atoms with E-state index in [-0.39, 0.29) is 0 Å². The van der Waals surface area contributed by atoms with Crippen molar-refractivity contribution in [3.8, 4) is 0 Å². The van der Waals surface area contributed by atoms with Crippen LogP contribution < -0.4 is 10.6 Å². The van der Waals surface area contributed by atoms with Gasteiger partial charge in [0.25, 0.3) is 0 Å². The minimum absolute atomic E-state index is 0.597. The molecule has 1 rings (SSSR count). The van der Waals surface area contributed by atoms with Crippen molar-refractivity contribution in [1.82, 2.24) is 9.97 Å². The summed E-state index contributed by atoms with van der Waals surface area (Å²) in [5.41, 5.74) is 7.13. The molecule has 1 aromatic heterocycles. The molecule has 0 atom stereocenters. The number of nitrogens with two attached hydrogens (primary N) is 1. The first-order valence-corrected chi connectivity index (χ1v) is 3.59. The van der Waals surface area contributed by atoms with Gasteiger partial charge < -0.3 is 10.6 Å². The maximum absolute atomic E-state index is 5.74. The molecule has 1 heterocycles. The van der Waals surface area contributed by atoms with E-state index in [2.05, 4.69) is 16.5 Å². The third-order valence-electron chi connectivity index (χ3n) is 1.67. The highest BCUT2D eigenvalue weighted by Crippen LogP contribution is 2.19. The van der Waals surface area contributed by atoms with E-state index >= 15 is 0 Å². The van der Waals surface area contributed by atoms with Crippen molar-refractivity contribution in [2.24, 2.45) is 0 Å². The third-order valence-corrected chi connectivity index (χ3v) is 1.67. The van der Waals surface area contributed by atoms with E-state index in [1.165, 1.54) is 6.33 Å². The number of rotatable bonds is 2. The summed E-state index contributed by atoms with van der Waals surface area (Å²) < 4.78 is 0. The summed E-state index contributed by atoms with van der Waals surface area (Å²) in [4.78, 5) is 9.74. The third kappa shape index (κ3) is 1.37. The molecule has 0 radical (unpaired) electrons. The average Bonchev–Trinajstić information content (AvgIpc) is 2.08. The fraction of sp³-hybridized carbons (Fsp3) is 0.250. The molecule has 0 aromatic carbocycles. The van der Waals surface area contributed by atoms with Crippen molar-refractivity contribution < 1.29 is 0 Å². The lowest BCUT2D eigenvalue weighted by Gasteiger charge is -2.14. The quantitative estimate of drug-likeness (QED) is 0.707. The van der Waals surface area contributed by atoms with Crippen molar-refractivity contribution >= 4 is 11.5 Å². The molecule has 64 valence electrons. The molecule has 2 N–H and O–H groups in total. The summed E-state index contributed by atoms with van der Waals surface area (Å²) in [5, 5.41) is 0. The highest BCUT2D eigenvalue weighted by molar-refractivity contribution is 5.65. The fourth-order valence-corrected chi connectivity index (χ4v) is 0.839. The predicted octanol–water partition coefficient (Wildman–Crippen LogP) is 0.947. The highest BCUT2D eigenvalue weighted by atomic mass is 15.2. The molecule has 4 heteroatoms. The van der Waals surface area contributed by atoms with E-state index < -0.39 is 0 Å². The Balaban J connectivity index is 3.15. The molecule has 12 heavy (non-hydrogen) atoms. The van der Waals surface area contributed by atoms with Crippen molar-refractivity contribution in [3.63, 3.8) is 0 Å². The van der Waals surface area contributed by atoms with E-state index in [1.807, 2.05) is 14.0 Å². The first-order chi connectivity index (χ1) is 5.66. The van der Waals surface area contributed by atoms with Crippen LogP contribution in [0.2, 0.25) is 0 Å². The van der Waals surface area contributed by atoms with Crippen LogP contribution >= 0.6 is 0 Å². The van der Waals surface area contributed by atoms with E-state index in [0.29, 0.717) is 11.5 Å². The van der Waals surface area contributed by atoms with Gasteiger partial charge in [-0.15, -0.1) is 0 Å². The normalized spacial score (nSPS) is 9.50. The summed E-state index contributed by atoms with van der Waals surface area (Å²) in [6.45, 7) is 5.46. The lowest BCUT2D eigenvalue weighted by atomic mass is 10.3. The van der Waals surface area contributed by atoms with Gasteiger partial charge in [0.1, 0.15) is 6.33 Å². The van der Waals surface area contributed by atoms with Crippen molar-refractivity contribution in [3.05, 3.63) is 24.8 Å². The molecule has 0 saturated carbocycles. The Hall–Kier alpha value is -1.58. The number of aromatic nitrogens is 2. The summed E-state index contributed by atoms with van der Waals surface area (Å²) in [6.07, 6.45) is 3.14. The molecule has 0 aliphatic rings. The Morgan fingerprint density at radius 2 is 2.25 bits per heavy atom. The van der Waals surface area contributed by atoms with Crippen LogP contribution in [0.15, 0.2) is 19.1 Å². The Bertz CT molecular complexity index is 295. The summed E-state index contributed by atoms with van der Waals surface area (Å²) in [6, 6.07) is 0. The van der Waals surface area contributed by atoms with Gasteiger partial charge in [-0.2, -0.15) is 0 Å². The molecule has 0 aliphatic heterocycles. The first kappa shape index (κ1) is 8.52. The molecule has 0 saturated heterocycles. The highest BCUT2D eigenvalue weighted by Gasteiger charge is 2.05. The SMILES string of the molecule is C=CN(C)c1ncnc(C)c1N. The minimum atomic E-state index is 0.597. The van der Waals surface area contributed by atoms with Gasteiger partial charge in [-0.1, -0.05) is 6.58 Å². The van der Waals surface area contributed by atoms with Gasteiger partial charge >= 0.3 is 0 Å². The predicted molar refractivity (Wildman–Crippen MR) is 49.8 cm³/mol. The van der Waals surface area contributed by atoms with E-state index in [1.54, 1.807) is 11.1 Å².